The molecule has 0 fully saturated rings. The lowest BCUT2D eigenvalue weighted by Crippen LogP contribution is -2.34. The number of aliphatic hydroxyl groups is 1. The number of benzene rings is 3. The predicted octanol–water partition coefficient (Wildman–Crippen LogP) is 4.52. The van der Waals surface area contributed by atoms with Crippen molar-refractivity contribution in [1.29, 1.82) is 0 Å². The number of methoxy groups -OCH3 is 2. The van der Waals surface area contributed by atoms with Crippen LogP contribution in [0.3, 0.4) is 0 Å². The quantitative estimate of drug-likeness (QED) is 0.279. The summed E-state index contributed by atoms with van der Waals surface area (Å²) in [6, 6.07) is 23.7. The third-order valence-electron chi connectivity index (χ3n) is 5.98. The average molecular weight is 479 g/mol. The summed E-state index contributed by atoms with van der Waals surface area (Å²) in [5.41, 5.74) is 3.22. The number of aliphatic hydroxyl groups excluding tert-OH is 1. The number of hydrogen-bond donors (Lipinski definition) is 3. The smallest absolute Gasteiger partial charge is 0.160 e. The Hall–Kier alpha value is -3.06. The average Bonchev–Trinajstić information content (AvgIpc) is 2.91. The molecule has 3 aromatic carbocycles. The van der Waals surface area contributed by atoms with Gasteiger partial charge in [-0.1, -0.05) is 48.5 Å². The minimum Gasteiger partial charge on any atom is -0.493 e. The Labute approximate surface area is 209 Å². The van der Waals surface area contributed by atoms with Crippen LogP contribution in [0.2, 0.25) is 0 Å². The van der Waals surface area contributed by atoms with Gasteiger partial charge in [-0.3, -0.25) is 0 Å². The van der Waals surface area contributed by atoms with Crippen LogP contribution >= 0.6 is 0 Å². The second kappa shape index (κ2) is 14.4. The highest BCUT2D eigenvalue weighted by atomic mass is 16.5. The summed E-state index contributed by atoms with van der Waals surface area (Å²) in [6.45, 7) is 5.18. The van der Waals surface area contributed by atoms with Crippen LogP contribution in [-0.4, -0.2) is 45.0 Å². The maximum Gasteiger partial charge on any atom is 0.160 e. The molecule has 0 saturated heterocycles. The molecule has 0 radical (unpaired) electrons. The van der Waals surface area contributed by atoms with Crippen LogP contribution in [0.5, 0.6) is 17.2 Å². The first-order valence-electron chi connectivity index (χ1n) is 12.2. The lowest BCUT2D eigenvalue weighted by Gasteiger charge is -2.21. The van der Waals surface area contributed by atoms with Crippen LogP contribution < -0.4 is 24.8 Å². The number of hydrogen-bond acceptors (Lipinski definition) is 6. The highest BCUT2D eigenvalue weighted by Gasteiger charge is 2.15. The molecule has 35 heavy (non-hydrogen) atoms. The van der Waals surface area contributed by atoms with E-state index < -0.39 is 6.10 Å². The zero-order chi connectivity index (χ0) is 24.9. The van der Waals surface area contributed by atoms with E-state index in [0.29, 0.717) is 6.61 Å². The van der Waals surface area contributed by atoms with Gasteiger partial charge in [0.15, 0.2) is 11.5 Å². The Bertz CT molecular complexity index is 995. The topological polar surface area (TPSA) is 72.0 Å². The van der Waals surface area contributed by atoms with E-state index in [1.807, 2.05) is 73.7 Å². The molecule has 3 N–H and O–H groups in total. The maximum atomic E-state index is 10.7. The fraction of sp³-hybridized carbons (Fsp3) is 0.379. The summed E-state index contributed by atoms with van der Waals surface area (Å²) < 4.78 is 16.5. The molecule has 0 aromatic heterocycles. The first kappa shape index (κ1) is 26.5. The minimum absolute atomic E-state index is 0.0437. The lowest BCUT2D eigenvalue weighted by molar-refractivity contribution is 0.136. The minimum atomic E-state index is -0.573. The molecule has 6 nitrogen and oxygen atoms in total. The second-order valence-corrected chi connectivity index (χ2v) is 8.57. The van der Waals surface area contributed by atoms with Gasteiger partial charge < -0.3 is 30.0 Å². The highest BCUT2D eigenvalue weighted by molar-refractivity contribution is 5.43. The van der Waals surface area contributed by atoms with Crippen molar-refractivity contribution >= 4 is 0 Å². The Morgan fingerprint density at radius 3 is 2.26 bits per heavy atom. The molecule has 3 aromatic rings. The molecule has 6 heteroatoms. The van der Waals surface area contributed by atoms with E-state index >= 15 is 0 Å². The molecule has 188 valence electrons. The Kier molecular flexibility index (Phi) is 10.9. The van der Waals surface area contributed by atoms with Crippen molar-refractivity contribution < 1.29 is 19.3 Å². The third-order valence-corrected chi connectivity index (χ3v) is 5.98. The molecule has 0 bridgehead atoms. The van der Waals surface area contributed by atoms with Crippen LogP contribution in [0.25, 0.3) is 0 Å². The Morgan fingerprint density at radius 1 is 0.800 bits per heavy atom. The summed E-state index contributed by atoms with van der Waals surface area (Å²) in [5.74, 6) is 2.31. The molecule has 0 spiro atoms. The largest absolute Gasteiger partial charge is 0.493 e. The zero-order valence-corrected chi connectivity index (χ0v) is 21.0. The van der Waals surface area contributed by atoms with E-state index in [4.69, 9.17) is 14.2 Å². The Balaban J connectivity index is 1.30. The van der Waals surface area contributed by atoms with E-state index in [0.717, 1.165) is 60.9 Å². The number of nitrogens with one attached hydrogen (secondary N) is 2. The predicted molar refractivity (Wildman–Crippen MR) is 140 cm³/mol. The summed E-state index contributed by atoms with van der Waals surface area (Å²) in [5, 5.41) is 17.6. The Morgan fingerprint density at radius 2 is 1.54 bits per heavy atom. The van der Waals surface area contributed by atoms with E-state index in [2.05, 4.69) is 16.7 Å². The maximum absolute atomic E-state index is 10.7. The second-order valence-electron chi connectivity index (χ2n) is 8.57. The van der Waals surface area contributed by atoms with Crippen molar-refractivity contribution in [2.75, 3.05) is 33.9 Å². The van der Waals surface area contributed by atoms with Gasteiger partial charge in [-0.25, -0.2) is 0 Å². The van der Waals surface area contributed by atoms with Gasteiger partial charge >= 0.3 is 0 Å². The van der Waals surface area contributed by atoms with Crippen molar-refractivity contribution in [2.45, 2.75) is 38.5 Å². The van der Waals surface area contributed by atoms with Crippen LogP contribution in [-0.2, 0) is 13.0 Å². The molecule has 0 aliphatic carbocycles. The molecule has 0 aliphatic heterocycles. The molecule has 0 aliphatic rings. The van der Waals surface area contributed by atoms with Gasteiger partial charge in [0.05, 0.1) is 20.3 Å². The lowest BCUT2D eigenvalue weighted by atomic mass is 10.0. The third kappa shape index (κ3) is 8.58. The SMILES string of the molecule is COc1ccc(CCNCCCNC(C)C(O)c2ccc(OCc3ccccc3)cc2)cc1OC. The van der Waals surface area contributed by atoms with E-state index in [1.165, 1.54) is 5.56 Å². The summed E-state index contributed by atoms with van der Waals surface area (Å²) in [6.07, 6.45) is 1.33. The van der Waals surface area contributed by atoms with Gasteiger partial charge in [0.2, 0.25) is 0 Å². The van der Waals surface area contributed by atoms with Crippen molar-refractivity contribution in [2.24, 2.45) is 0 Å². The first-order chi connectivity index (χ1) is 17.1. The van der Waals surface area contributed by atoms with Crippen LogP contribution in [0, 0.1) is 0 Å². The molecule has 2 atom stereocenters. The normalized spacial score (nSPS) is 12.7. The van der Waals surface area contributed by atoms with Crippen LogP contribution in [0.15, 0.2) is 72.8 Å². The molecule has 2 unspecified atom stereocenters. The molecule has 0 heterocycles. The van der Waals surface area contributed by atoms with E-state index in [9.17, 15) is 5.11 Å². The van der Waals surface area contributed by atoms with Crippen molar-refractivity contribution in [3.8, 4) is 17.2 Å². The molecule has 0 saturated carbocycles. The van der Waals surface area contributed by atoms with Crippen molar-refractivity contribution in [1.82, 2.24) is 10.6 Å². The van der Waals surface area contributed by atoms with Gasteiger partial charge in [0.25, 0.3) is 0 Å². The fourth-order valence-electron chi connectivity index (χ4n) is 3.84. The first-order valence-corrected chi connectivity index (χ1v) is 12.2. The van der Waals surface area contributed by atoms with Gasteiger partial charge in [-0.2, -0.15) is 0 Å². The summed E-state index contributed by atoms with van der Waals surface area (Å²) in [4.78, 5) is 0. The summed E-state index contributed by atoms with van der Waals surface area (Å²) in [7, 11) is 3.30. The molecular formula is C29H38N2O4. The van der Waals surface area contributed by atoms with Crippen molar-refractivity contribution in [3.05, 3.63) is 89.5 Å². The number of rotatable bonds is 15. The van der Waals surface area contributed by atoms with Crippen LogP contribution in [0.1, 0.15) is 36.1 Å². The van der Waals surface area contributed by atoms with Gasteiger partial charge in [-0.15, -0.1) is 0 Å². The van der Waals surface area contributed by atoms with Gasteiger partial charge in [0, 0.05) is 6.04 Å². The van der Waals surface area contributed by atoms with E-state index in [-0.39, 0.29) is 6.04 Å². The zero-order valence-electron chi connectivity index (χ0n) is 21.0. The van der Waals surface area contributed by atoms with Crippen molar-refractivity contribution in [3.63, 3.8) is 0 Å². The molecule has 0 amide bonds. The van der Waals surface area contributed by atoms with Gasteiger partial charge in [-0.05, 0) is 80.4 Å². The summed E-state index contributed by atoms with van der Waals surface area (Å²) >= 11 is 0. The van der Waals surface area contributed by atoms with Crippen LogP contribution in [0.4, 0.5) is 0 Å². The van der Waals surface area contributed by atoms with E-state index in [1.54, 1.807) is 14.2 Å². The fourth-order valence-corrected chi connectivity index (χ4v) is 3.84. The molecule has 3 rings (SSSR count). The standard InChI is InChI=1S/C29H38N2O4/c1-22(29(32)25-11-13-26(14-12-25)35-21-24-8-5-4-6-9-24)31-18-7-17-30-19-16-23-10-15-27(33-2)28(20-23)34-3/h4-6,8-15,20,22,29-32H,7,16-19,21H2,1-3H3. The number of ether oxygens (including phenoxy) is 3. The van der Waals surface area contributed by atoms with Gasteiger partial charge in [0.1, 0.15) is 12.4 Å². The monoisotopic (exact) mass is 478 g/mol. The highest BCUT2D eigenvalue weighted by Crippen LogP contribution is 2.27. The molecular weight excluding hydrogens is 440 g/mol.